The van der Waals surface area contributed by atoms with E-state index in [1.807, 2.05) is 0 Å². The maximum atomic E-state index is 11.9. The Kier molecular flexibility index (Phi) is 3.97. The maximum Gasteiger partial charge on any atom is 0.422 e. The second kappa shape index (κ2) is 4.91. The quantitative estimate of drug-likeness (QED) is 0.632. The molecule has 0 radical (unpaired) electrons. The normalized spacial score (nSPS) is 11.4. The Balaban J connectivity index is 3.08. The first-order valence-corrected chi connectivity index (χ1v) is 5.14. The van der Waals surface area contributed by atoms with Crippen LogP contribution in [0.1, 0.15) is 5.56 Å². The second-order valence-corrected chi connectivity index (χ2v) is 4.03. The van der Waals surface area contributed by atoms with E-state index in [0.717, 1.165) is 6.07 Å². The highest BCUT2D eigenvalue weighted by Crippen LogP contribution is 2.35. The van der Waals surface area contributed by atoms with E-state index >= 15 is 0 Å². The molecule has 1 aromatic rings. The molecule has 94 valence electrons. The van der Waals surface area contributed by atoms with Gasteiger partial charge in [0.05, 0.1) is 4.92 Å². The fourth-order valence-corrected chi connectivity index (χ4v) is 1.47. The number of halogens is 4. The summed E-state index contributed by atoms with van der Waals surface area (Å²) < 4.78 is 40.7. The third-order valence-corrected chi connectivity index (χ3v) is 2.76. The molecule has 8 heteroatoms. The molecule has 0 amide bonds. The lowest BCUT2D eigenvalue weighted by molar-refractivity contribution is -0.386. The lowest BCUT2D eigenvalue weighted by atomic mass is 10.2. The Morgan fingerprint density at radius 2 is 2.06 bits per heavy atom. The molecule has 0 atom stereocenters. The van der Waals surface area contributed by atoms with Crippen molar-refractivity contribution in [2.75, 3.05) is 6.61 Å². The Labute approximate surface area is 103 Å². The third-order valence-electron chi connectivity index (χ3n) is 1.90. The summed E-state index contributed by atoms with van der Waals surface area (Å²) in [5.74, 6) is -0.395. The lowest BCUT2D eigenvalue weighted by Gasteiger charge is -2.10. The topological polar surface area (TPSA) is 52.4 Å². The van der Waals surface area contributed by atoms with Crippen LogP contribution in [-0.2, 0) is 0 Å². The van der Waals surface area contributed by atoms with E-state index in [-0.39, 0.29) is 5.56 Å². The zero-order chi connectivity index (χ0) is 13.2. The Bertz CT molecular complexity index is 448. The molecule has 0 spiro atoms. The summed E-state index contributed by atoms with van der Waals surface area (Å²) in [5, 5.41) is 10.7. The highest BCUT2D eigenvalue weighted by Gasteiger charge is 2.30. The lowest BCUT2D eigenvalue weighted by Crippen LogP contribution is -2.19. The Morgan fingerprint density at radius 1 is 1.47 bits per heavy atom. The minimum absolute atomic E-state index is 0.217. The predicted molar refractivity (Wildman–Crippen MR) is 57.1 cm³/mol. The van der Waals surface area contributed by atoms with Crippen LogP contribution in [0.25, 0.3) is 0 Å². The van der Waals surface area contributed by atoms with Crippen molar-refractivity contribution < 1.29 is 22.8 Å². The second-order valence-electron chi connectivity index (χ2n) is 3.18. The van der Waals surface area contributed by atoms with E-state index in [9.17, 15) is 23.3 Å². The van der Waals surface area contributed by atoms with Gasteiger partial charge in [-0.2, -0.15) is 13.2 Å². The van der Waals surface area contributed by atoms with E-state index in [2.05, 4.69) is 20.7 Å². The summed E-state index contributed by atoms with van der Waals surface area (Å²) >= 11 is 3.06. The fourth-order valence-electron chi connectivity index (χ4n) is 1.15. The van der Waals surface area contributed by atoms with Crippen molar-refractivity contribution in [2.45, 2.75) is 13.1 Å². The van der Waals surface area contributed by atoms with Crippen LogP contribution in [0, 0.1) is 17.0 Å². The number of alkyl halides is 3. The van der Waals surface area contributed by atoms with Gasteiger partial charge in [-0.15, -0.1) is 0 Å². The SMILES string of the molecule is Cc1c(Br)ccc(OCC(F)(F)F)c1[N+](=O)[O-]. The van der Waals surface area contributed by atoms with Crippen LogP contribution >= 0.6 is 15.9 Å². The van der Waals surface area contributed by atoms with Crippen LogP contribution in [-0.4, -0.2) is 17.7 Å². The van der Waals surface area contributed by atoms with E-state index in [0.29, 0.717) is 4.47 Å². The molecule has 0 aromatic heterocycles. The molecule has 0 bridgehead atoms. The summed E-state index contributed by atoms with van der Waals surface area (Å²) in [5.41, 5.74) is -0.252. The van der Waals surface area contributed by atoms with Gasteiger partial charge in [0.15, 0.2) is 12.4 Å². The maximum absolute atomic E-state index is 11.9. The zero-order valence-electron chi connectivity index (χ0n) is 8.55. The van der Waals surface area contributed by atoms with E-state index in [1.165, 1.54) is 13.0 Å². The summed E-state index contributed by atoms with van der Waals surface area (Å²) in [6, 6.07) is 2.52. The van der Waals surface area contributed by atoms with Gasteiger partial charge >= 0.3 is 11.9 Å². The smallest absolute Gasteiger partial charge is 0.422 e. The fraction of sp³-hybridized carbons (Fsp3) is 0.333. The number of nitrogens with zero attached hydrogens (tertiary/aromatic N) is 1. The molecule has 4 nitrogen and oxygen atoms in total. The molecule has 0 aliphatic rings. The van der Waals surface area contributed by atoms with Crippen molar-refractivity contribution in [2.24, 2.45) is 0 Å². The highest BCUT2D eigenvalue weighted by molar-refractivity contribution is 9.10. The highest BCUT2D eigenvalue weighted by atomic mass is 79.9. The van der Waals surface area contributed by atoms with Crippen molar-refractivity contribution in [1.82, 2.24) is 0 Å². The van der Waals surface area contributed by atoms with Crippen LogP contribution in [0.5, 0.6) is 5.75 Å². The van der Waals surface area contributed by atoms with Gasteiger partial charge in [-0.25, -0.2) is 0 Å². The summed E-state index contributed by atoms with van der Waals surface area (Å²) in [6.45, 7) is -0.141. The number of benzene rings is 1. The van der Waals surface area contributed by atoms with Gasteiger partial charge in [0, 0.05) is 10.0 Å². The third kappa shape index (κ3) is 3.58. The van der Waals surface area contributed by atoms with Crippen molar-refractivity contribution in [1.29, 1.82) is 0 Å². The standard InChI is InChI=1S/C9H7BrF3NO3/c1-5-6(10)2-3-7(8(5)14(15)16)17-4-9(11,12)13/h2-3H,4H2,1H3. The molecule has 1 rings (SSSR count). The number of nitro benzene ring substituents is 1. The number of hydrogen-bond acceptors (Lipinski definition) is 3. The van der Waals surface area contributed by atoms with Crippen molar-refractivity contribution in [3.63, 3.8) is 0 Å². The van der Waals surface area contributed by atoms with E-state index in [4.69, 9.17) is 0 Å². The molecule has 0 fully saturated rings. The monoisotopic (exact) mass is 313 g/mol. The Hall–Kier alpha value is -1.31. The molecule has 0 N–H and O–H groups in total. The molecule has 0 aliphatic heterocycles. The van der Waals surface area contributed by atoms with Crippen LogP contribution in [0.4, 0.5) is 18.9 Å². The molecule has 0 saturated carbocycles. The van der Waals surface area contributed by atoms with E-state index < -0.39 is 29.1 Å². The molecule has 0 saturated heterocycles. The van der Waals surface area contributed by atoms with Crippen LogP contribution < -0.4 is 4.74 Å². The van der Waals surface area contributed by atoms with Crippen molar-refractivity contribution >= 4 is 21.6 Å². The number of nitro groups is 1. The molecule has 17 heavy (non-hydrogen) atoms. The summed E-state index contributed by atoms with van der Waals surface area (Å²) in [4.78, 5) is 9.97. The molecule has 0 heterocycles. The van der Waals surface area contributed by atoms with Crippen LogP contribution in [0.2, 0.25) is 0 Å². The van der Waals surface area contributed by atoms with Gasteiger partial charge < -0.3 is 4.74 Å². The first kappa shape index (κ1) is 13.8. The minimum atomic E-state index is -4.53. The average molecular weight is 314 g/mol. The molecular formula is C9H7BrF3NO3. The number of ether oxygens (including phenoxy) is 1. The van der Waals surface area contributed by atoms with E-state index in [1.54, 1.807) is 0 Å². The molecule has 1 aromatic carbocycles. The first-order valence-electron chi connectivity index (χ1n) is 4.35. The van der Waals surface area contributed by atoms with Crippen molar-refractivity contribution in [3.8, 4) is 5.75 Å². The van der Waals surface area contributed by atoms with Gasteiger partial charge in [-0.05, 0) is 19.1 Å². The molecule has 0 unspecified atom stereocenters. The van der Waals surface area contributed by atoms with Crippen LogP contribution in [0.3, 0.4) is 0 Å². The predicted octanol–water partition coefficient (Wildman–Crippen LogP) is 3.61. The van der Waals surface area contributed by atoms with Gasteiger partial charge in [0.25, 0.3) is 0 Å². The minimum Gasteiger partial charge on any atom is -0.477 e. The largest absolute Gasteiger partial charge is 0.477 e. The molecule has 0 aliphatic carbocycles. The first-order chi connectivity index (χ1) is 7.72. The zero-order valence-corrected chi connectivity index (χ0v) is 10.1. The van der Waals surface area contributed by atoms with Crippen molar-refractivity contribution in [3.05, 3.63) is 32.3 Å². The van der Waals surface area contributed by atoms with Gasteiger partial charge in [-0.1, -0.05) is 15.9 Å². The van der Waals surface area contributed by atoms with Crippen LogP contribution in [0.15, 0.2) is 16.6 Å². The summed E-state index contributed by atoms with van der Waals surface area (Å²) in [7, 11) is 0. The van der Waals surface area contributed by atoms with Gasteiger partial charge in [0.1, 0.15) is 0 Å². The molecular weight excluding hydrogens is 307 g/mol. The van der Waals surface area contributed by atoms with Gasteiger partial charge in [-0.3, -0.25) is 10.1 Å². The Morgan fingerprint density at radius 3 is 2.53 bits per heavy atom. The number of hydrogen-bond donors (Lipinski definition) is 0. The summed E-state index contributed by atoms with van der Waals surface area (Å²) in [6.07, 6.45) is -4.53. The number of rotatable bonds is 3. The average Bonchev–Trinajstić information content (AvgIpc) is 2.18. The van der Waals surface area contributed by atoms with Gasteiger partial charge in [0.2, 0.25) is 0 Å².